The zero-order chi connectivity index (χ0) is 42.8. The van der Waals surface area contributed by atoms with E-state index >= 15 is 0 Å². The van der Waals surface area contributed by atoms with E-state index in [2.05, 4.69) is 0 Å². The molecule has 2 heterocycles. The van der Waals surface area contributed by atoms with Gasteiger partial charge in [-0.3, -0.25) is 19.2 Å². The predicted molar refractivity (Wildman–Crippen MR) is 232 cm³/mol. The van der Waals surface area contributed by atoms with Crippen molar-refractivity contribution in [2.45, 2.75) is 26.7 Å². The largest absolute Gasteiger partial charge is 0.421 e. The number of esters is 2. The van der Waals surface area contributed by atoms with Gasteiger partial charge in [-0.05, 0) is 87.4 Å². The number of aromatic nitrogens is 2. The summed E-state index contributed by atoms with van der Waals surface area (Å²) in [7, 11) is 3.02. The van der Waals surface area contributed by atoms with E-state index in [9.17, 15) is 28.8 Å². The Bertz CT molecular complexity index is 2970. The molecule has 14 heteroatoms. The summed E-state index contributed by atoms with van der Waals surface area (Å²) in [4.78, 5) is 86.9. The maximum atomic E-state index is 14.2. The molecule has 0 atom stereocenters. The van der Waals surface area contributed by atoms with Crippen molar-refractivity contribution >= 4 is 80.3 Å². The van der Waals surface area contributed by atoms with Gasteiger partial charge in [0.15, 0.2) is 11.5 Å². The topological polar surface area (TPSA) is 137 Å². The molecule has 1 aliphatic rings. The summed E-state index contributed by atoms with van der Waals surface area (Å²) in [6, 6.07) is 27.6. The Kier molecular flexibility index (Phi) is 11.9. The highest BCUT2D eigenvalue weighted by Crippen LogP contribution is 2.35. The van der Waals surface area contributed by atoms with Crippen molar-refractivity contribution in [3.63, 3.8) is 0 Å². The molecule has 0 aliphatic heterocycles. The third-order valence-corrected chi connectivity index (χ3v) is 11.0. The number of hydrogen-bond donors (Lipinski definition) is 0. The fourth-order valence-corrected chi connectivity index (χ4v) is 7.81. The minimum Gasteiger partial charge on any atom is -0.421 e. The van der Waals surface area contributed by atoms with Gasteiger partial charge in [-0.2, -0.15) is 0 Å². The van der Waals surface area contributed by atoms with Gasteiger partial charge in [-0.15, -0.1) is 0 Å². The molecule has 0 fully saturated rings. The van der Waals surface area contributed by atoms with Crippen molar-refractivity contribution in [1.82, 2.24) is 9.13 Å². The van der Waals surface area contributed by atoms with Gasteiger partial charge in [-0.1, -0.05) is 71.7 Å². The van der Waals surface area contributed by atoms with Crippen molar-refractivity contribution < 1.29 is 28.7 Å². The van der Waals surface area contributed by atoms with E-state index in [1.54, 1.807) is 98.8 Å². The standard InChI is InChI=1S/C46H38Cl2N4O8/c1-5-51(29-15-9-7-10-16-29)43(55)37-39(35-31(47)19-13-21-33(35)49(3)41(37)53)59-45(57)27-23-25-28(26-24-27)46(58)60-40-36-32(48)20-14-22-34(36)50(4)42(54)38(40)44(56)52(6-2)30-17-11-8-12-18-30/h7-13,15-19,21-26H,5-6,14,20H2,1-4H3. The molecule has 12 nitrogen and oxygen atoms in total. The van der Waals surface area contributed by atoms with Crippen LogP contribution in [-0.4, -0.2) is 46.0 Å². The molecule has 2 amide bonds. The third-order valence-electron chi connectivity index (χ3n) is 10.3. The molecule has 0 saturated carbocycles. The van der Waals surface area contributed by atoms with Gasteiger partial charge in [0, 0.05) is 43.6 Å². The number of anilines is 2. The molecular weight excluding hydrogens is 807 g/mol. The lowest BCUT2D eigenvalue weighted by atomic mass is 10.1. The molecule has 1 aliphatic carbocycles. The van der Waals surface area contributed by atoms with Gasteiger partial charge in [0.05, 0.1) is 37.6 Å². The zero-order valence-electron chi connectivity index (χ0n) is 33.0. The second-order valence-corrected chi connectivity index (χ2v) is 14.7. The van der Waals surface area contributed by atoms with Crippen LogP contribution in [0.4, 0.5) is 11.4 Å². The van der Waals surface area contributed by atoms with E-state index in [1.165, 1.54) is 57.3 Å². The second kappa shape index (κ2) is 17.2. The normalized spacial score (nSPS) is 12.0. The summed E-state index contributed by atoms with van der Waals surface area (Å²) >= 11 is 13.4. The lowest BCUT2D eigenvalue weighted by Gasteiger charge is -2.23. The minimum atomic E-state index is -0.952. The van der Waals surface area contributed by atoms with Gasteiger partial charge >= 0.3 is 11.9 Å². The minimum absolute atomic E-state index is 0.0370. The molecule has 4 aromatic carbocycles. The molecule has 0 bridgehead atoms. The fourth-order valence-electron chi connectivity index (χ4n) is 7.26. The van der Waals surface area contributed by atoms with Gasteiger partial charge in [0.2, 0.25) is 0 Å². The van der Waals surface area contributed by atoms with Crippen LogP contribution in [0.25, 0.3) is 22.0 Å². The maximum absolute atomic E-state index is 14.2. The number of nitrogens with zero attached hydrogens (tertiary/aromatic N) is 4. The summed E-state index contributed by atoms with van der Waals surface area (Å²) < 4.78 is 14.5. The Hall–Kier alpha value is -6.76. The molecule has 6 aromatic rings. The van der Waals surface area contributed by atoms with Crippen LogP contribution in [0.1, 0.15) is 68.1 Å². The fraction of sp³-hybridized carbons (Fsp3) is 0.174. The highest BCUT2D eigenvalue weighted by molar-refractivity contribution is 6.45. The first-order chi connectivity index (χ1) is 28.9. The predicted octanol–water partition coefficient (Wildman–Crippen LogP) is 6.58. The highest BCUT2D eigenvalue weighted by atomic mass is 35.5. The van der Waals surface area contributed by atoms with Crippen LogP contribution in [0.3, 0.4) is 0 Å². The number of carbonyl (C=O) groups is 4. The summed E-state index contributed by atoms with van der Waals surface area (Å²) in [6.07, 6.45) is 2.71. The van der Waals surface area contributed by atoms with Crippen LogP contribution in [0.2, 0.25) is 5.02 Å². The van der Waals surface area contributed by atoms with Crippen molar-refractivity contribution in [2.75, 3.05) is 22.9 Å². The quantitative estimate of drug-likeness (QED) is 0.141. The first-order valence-electron chi connectivity index (χ1n) is 19.1. The Morgan fingerprint density at radius 1 is 0.633 bits per heavy atom. The molecule has 304 valence electrons. The lowest BCUT2D eigenvalue weighted by Crippen LogP contribution is -2.49. The van der Waals surface area contributed by atoms with Gasteiger partial charge in [-0.25, -0.2) is 9.59 Å². The van der Waals surface area contributed by atoms with E-state index in [1.807, 2.05) is 0 Å². The second-order valence-electron chi connectivity index (χ2n) is 13.8. The number of ether oxygens (including phenoxy) is 2. The molecule has 0 spiro atoms. The number of carbonyl (C=O) groups excluding carboxylic acids is 4. The van der Waals surface area contributed by atoms with E-state index in [0.717, 1.165) is 0 Å². The molecule has 0 radical (unpaired) electrons. The Morgan fingerprint density at radius 3 is 1.63 bits per heavy atom. The van der Waals surface area contributed by atoms with Crippen LogP contribution >= 0.6 is 23.2 Å². The van der Waals surface area contributed by atoms with Gasteiger partial charge in [0.1, 0.15) is 11.1 Å². The van der Waals surface area contributed by atoms with Crippen LogP contribution < -0.4 is 41.0 Å². The lowest BCUT2D eigenvalue weighted by molar-refractivity contribution is 0.0716. The van der Waals surface area contributed by atoms with Crippen molar-refractivity contribution in [3.8, 4) is 11.5 Å². The summed E-state index contributed by atoms with van der Waals surface area (Å²) in [5.74, 6) is -3.87. The summed E-state index contributed by atoms with van der Waals surface area (Å²) in [6.45, 7) is 3.91. The average Bonchev–Trinajstić information content (AvgIpc) is 3.25. The van der Waals surface area contributed by atoms with Crippen LogP contribution in [0, 0.1) is 0 Å². The van der Waals surface area contributed by atoms with Crippen LogP contribution in [-0.2, 0) is 14.1 Å². The van der Waals surface area contributed by atoms with E-state index < -0.39 is 40.4 Å². The Morgan fingerprint density at radius 2 is 1.12 bits per heavy atom. The molecular formula is C46H38Cl2N4O8. The highest BCUT2D eigenvalue weighted by Gasteiger charge is 2.32. The Labute approximate surface area is 353 Å². The molecule has 0 unspecified atom stereocenters. The van der Waals surface area contributed by atoms with Crippen LogP contribution in [0.5, 0.6) is 11.5 Å². The molecule has 0 saturated heterocycles. The monoisotopic (exact) mass is 844 g/mol. The summed E-state index contributed by atoms with van der Waals surface area (Å²) in [5.41, 5.74) is -0.858. The molecule has 0 N–H and O–H groups in total. The van der Waals surface area contributed by atoms with Crippen molar-refractivity contribution in [3.05, 3.63) is 162 Å². The number of fused-ring (bicyclic) bond motifs is 2. The molecule has 60 heavy (non-hydrogen) atoms. The first kappa shape index (κ1) is 41.4. The number of rotatable bonds is 10. The first-order valence-corrected chi connectivity index (χ1v) is 19.8. The average molecular weight is 846 g/mol. The van der Waals surface area contributed by atoms with Crippen molar-refractivity contribution in [2.24, 2.45) is 14.1 Å². The SMILES string of the molecule is CCN(C(=O)c1c(OC(=O)c2ccc(C(=O)Oc3c(C(=O)N(CC)c4ccccc4)c(=O)n(C)c4cccc(Cl)c34)cc2)c2c(n(C)c1=O)=CCCC=2Cl)c1ccccc1. The van der Waals surface area contributed by atoms with E-state index in [4.69, 9.17) is 32.7 Å². The number of hydrogen-bond acceptors (Lipinski definition) is 8. The van der Waals surface area contributed by atoms with Crippen molar-refractivity contribution in [1.29, 1.82) is 0 Å². The number of amides is 2. The summed E-state index contributed by atoms with van der Waals surface area (Å²) in [5, 5.41) is 1.28. The number of aryl methyl sites for hydroxylation is 1. The third kappa shape index (κ3) is 7.51. The van der Waals surface area contributed by atoms with Gasteiger partial charge < -0.3 is 28.4 Å². The van der Waals surface area contributed by atoms with E-state index in [0.29, 0.717) is 40.1 Å². The number of halogens is 2. The zero-order valence-corrected chi connectivity index (χ0v) is 34.5. The Balaban J connectivity index is 1.25. The molecule has 2 aromatic heterocycles. The molecule has 7 rings (SSSR count). The number of pyridine rings is 2. The van der Waals surface area contributed by atoms with Crippen LogP contribution in [0.15, 0.2) is 113 Å². The van der Waals surface area contributed by atoms with E-state index in [-0.39, 0.29) is 56.9 Å². The number of benzene rings is 4. The smallest absolute Gasteiger partial charge is 0.343 e. The van der Waals surface area contributed by atoms with Gasteiger partial charge in [0.25, 0.3) is 22.9 Å². The maximum Gasteiger partial charge on any atom is 0.343 e. The number of para-hydroxylation sites is 2.